The molecule has 1 fully saturated rings. The van der Waals surface area contributed by atoms with Crippen LogP contribution in [-0.2, 0) is 21.1 Å². The van der Waals surface area contributed by atoms with Crippen LogP contribution in [0.2, 0.25) is 0 Å². The Balaban J connectivity index is 1.80. The summed E-state index contributed by atoms with van der Waals surface area (Å²) in [5.41, 5.74) is 1.75. The first-order valence-corrected chi connectivity index (χ1v) is 10.8. The van der Waals surface area contributed by atoms with Crippen LogP contribution in [-0.4, -0.2) is 62.9 Å². The first-order valence-electron chi connectivity index (χ1n) is 8.99. The Bertz CT molecular complexity index is 922. The van der Waals surface area contributed by atoms with E-state index in [1.807, 2.05) is 19.9 Å². The minimum absolute atomic E-state index is 0.0565. The molecule has 1 aliphatic heterocycles. The average molecular weight is 379 g/mol. The second-order valence-corrected chi connectivity index (χ2v) is 9.18. The van der Waals surface area contributed by atoms with Crippen LogP contribution in [0, 0.1) is 13.8 Å². The molecule has 3 heterocycles. The highest BCUT2D eigenvalue weighted by molar-refractivity contribution is 7.91. The monoisotopic (exact) mass is 379 g/mol. The standard InChI is InChI=1S/C17H25N5O3S/c1-4-5-7-21(14-6-8-26(24,25)11-14)16(23)10-15-19-17-18-12(2)9-13(3)22(17)20-15/h9,14H,4-8,10-11H2,1-3H3. The quantitative estimate of drug-likeness (QED) is 0.745. The maximum atomic E-state index is 12.9. The molecule has 0 aliphatic carbocycles. The summed E-state index contributed by atoms with van der Waals surface area (Å²) in [6, 6.07) is 1.67. The maximum absolute atomic E-state index is 12.9. The second-order valence-electron chi connectivity index (χ2n) is 6.95. The Kier molecular flexibility index (Phi) is 5.27. The van der Waals surface area contributed by atoms with Gasteiger partial charge >= 0.3 is 0 Å². The Labute approximate surface area is 153 Å². The molecular formula is C17H25N5O3S. The van der Waals surface area contributed by atoms with E-state index >= 15 is 0 Å². The Hall–Kier alpha value is -2.03. The van der Waals surface area contributed by atoms with Gasteiger partial charge in [-0.1, -0.05) is 13.3 Å². The second kappa shape index (κ2) is 7.30. The van der Waals surface area contributed by atoms with Gasteiger partial charge in [-0.2, -0.15) is 4.98 Å². The van der Waals surface area contributed by atoms with Gasteiger partial charge in [0.05, 0.1) is 17.9 Å². The summed E-state index contributed by atoms with van der Waals surface area (Å²) in [7, 11) is -3.04. The van der Waals surface area contributed by atoms with Gasteiger partial charge < -0.3 is 4.90 Å². The Morgan fingerprint density at radius 1 is 1.35 bits per heavy atom. The maximum Gasteiger partial charge on any atom is 0.252 e. The summed E-state index contributed by atoms with van der Waals surface area (Å²) < 4.78 is 25.3. The summed E-state index contributed by atoms with van der Waals surface area (Å²) >= 11 is 0. The van der Waals surface area contributed by atoms with E-state index in [-0.39, 0.29) is 29.9 Å². The van der Waals surface area contributed by atoms with Crippen molar-refractivity contribution in [3.8, 4) is 0 Å². The molecular weight excluding hydrogens is 354 g/mol. The van der Waals surface area contributed by atoms with E-state index in [4.69, 9.17) is 0 Å². The number of sulfone groups is 1. The van der Waals surface area contributed by atoms with Crippen LogP contribution < -0.4 is 0 Å². The Morgan fingerprint density at radius 3 is 2.77 bits per heavy atom. The lowest BCUT2D eigenvalue weighted by Gasteiger charge is -2.28. The molecule has 9 heteroatoms. The van der Waals surface area contributed by atoms with Crippen molar-refractivity contribution in [1.29, 1.82) is 0 Å². The van der Waals surface area contributed by atoms with E-state index in [1.54, 1.807) is 9.42 Å². The molecule has 0 saturated carbocycles. The zero-order chi connectivity index (χ0) is 18.9. The van der Waals surface area contributed by atoms with Gasteiger partial charge in [-0.25, -0.2) is 17.9 Å². The molecule has 2 aromatic rings. The zero-order valence-electron chi connectivity index (χ0n) is 15.5. The third kappa shape index (κ3) is 4.03. The van der Waals surface area contributed by atoms with E-state index < -0.39 is 9.84 Å². The highest BCUT2D eigenvalue weighted by Crippen LogP contribution is 2.19. The van der Waals surface area contributed by atoms with Crippen LogP contribution >= 0.6 is 0 Å². The lowest BCUT2D eigenvalue weighted by molar-refractivity contribution is -0.132. The molecule has 0 radical (unpaired) electrons. The normalized spacial score (nSPS) is 19.1. The SMILES string of the molecule is CCCCN(C(=O)Cc1nc2nc(C)cc(C)n2n1)C1CCS(=O)(=O)C1. The number of hydrogen-bond donors (Lipinski definition) is 0. The average Bonchev–Trinajstić information content (AvgIpc) is 3.10. The molecule has 1 unspecified atom stereocenters. The molecule has 3 rings (SSSR count). The van der Waals surface area contributed by atoms with Crippen LogP contribution in [0.1, 0.15) is 43.4 Å². The minimum atomic E-state index is -3.04. The van der Waals surface area contributed by atoms with Gasteiger partial charge in [-0.3, -0.25) is 4.79 Å². The molecule has 1 atom stereocenters. The van der Waals surface area contributed by atoms with Crippen molar-refractivity contribution in [3.05, 3.63) is 23.3 Å². The van der Waals surface area contributed by atoms with Crippen molar-refractivity contribution in [2.75, 3.05) is 18.1 Å². The van der Waals surface area contributed by atoms with E-state index in [0.717, 1.165) is 24.2 Å². The molecule has 1 saturated heterocycles. The number of rotatable bonds is 6. The van der Waals surface area contributed by atoms with Crippen molar-refractivity contribution in [1.82, 2.24) is 24.5 Å². The number of carbonyl (C=O) groups is 1. The fourth-order valence-corrected chi connectivity index (χ4v) is 5.11. The molecule has 1 aliphatic rings. The third-order valence-electron chi connectivity index (χ3n) is 4.69. The number of fused-ring (bicyclic) bond motifs is 1. The van der Waals surface area contributed by atoms with E-state index in [2.05, 4.69) is 22.0 Å². The van der Waals surface area contributed by atoms with Crippen molar-refractivity contribution in [2.24, 2.45) is 0 Å². The molecule has 26 heavy (non-hydrogen) atoms. The first-order chi connectivity index (χ1) is 12.3. The predicted octanol–water partition coefficient (Wildman–Crippen LogP) is 1.10. The van der Waals surface area contributed by atoms with Crippen molar-refractivity contribution >= 4 is 21.5 Å². The Morgan fingerprint density at radius 2 is 2.12 bits per heavy atom. The highest BCUT2D eigenvalue weighted by atomic mass is 32.2. The first kappa shape index (κ1) is 18.8. The molecule has 0 aromatic carbocycles. The molecule has 142 valence electrons. The molecule has 0 bridgehead atoms. The predicted molar refractivity (Wildman–Crippen MR) is 97.6 cm³/mol. The van der Waals surface area contributed by atoms with Crippen LogP contribution in [0.25, 0.3) is 5.78 Å². The van der Waals surface area contributed by atoms with Gasteiger partial charge in [-0.15, -0.1) is 5.10 Å². The number of carbonyl (C=O) groups excluding carboxylic acids is 1. The van der Waals surface area contributed by atoms with Gasteiger partial charge in [0.2, 0.25) is 5.91 Å². The lowest BCUT2D eigenvalue weighted by atomic mass is 10.1. The number of hydrogen-bond acceptors (Lipinski definition) is 6. The minimum Gasteiger partial charge on any atom is -0.338 e. The zero-order valence-corrected chi connectivity index (χ0v) is 16.3. The largest absolute Gasteiger partial charge is 0.338 e. The van der Waals surface area contributed by atoms with Crippen molar-refractivity contribution < 1.29 is 13.2 Å². The van der Waals surface area contributed by atoms with Crippen molar-refractivity contribution in [3.63, 3.8) is 0 Å². The summed E-state index contributed by atoms with van der Waals surface area (Å²) in [5.74, 6) is 0.988. The summed E-state index contributed by atoms with van der Waals surface area (Å²) in [6.07, 6.45) is 2.36. The lowest BCUT2D eigenvalue weighted by Crippen LogP contribution is -2.42. The van der Waals surface area contributed by atoms with Gasteiger partial charge in [0.15, 0.2) is 15.7 Å². The molecule has 2 aromatic heterocycles. The smallest absolute Gasteiger partial charge is 0.252 e. The van der Waals surface area contributed by atoms with Gasteiger partial charge in [0, 0.05) is 24.0 Å². The fraction of sp³-hybridized carbons (Fsp3) is 0.647. The number of aryl methyl sites for hydroxylation is 2. The van der Waals surface area contributed by atoms with Gasteiger partial charge in [0.1, 0.15) is 0 Å². The topological polar surface area (TPSA) is 97.5 Å². The highest BCUT2D eigenvalue weighted by Gasteiger charge is 2.34. The van der Waals surface area contributed by atoms with Crippen LogP contribution in [0.4, 0.5) is 0 Å². The number of amides is 1. The van der Waals surface area contributed by atoms with Crippen LogP contribution in [0.3, 0.4) is 0 Å². The van der Waals surface area contributed by atoms with E-state index in [0.29, 0.717) is 24.6 Å². The van der Waals surface area contributed by atoms with Crippen molar-refractivity contribution in [2.45, 2.75) is 52.5 Å². The number of nitrogens with zero attached hydrogens (tertiary/aromatic N) is 5. The fourth-order valence-electron chi connectivity index (χ4n) is 3.38. The van der Waals surface area contributed by atoms with E-state index in [9.17, 15) is 13.2 Å². The molecule has 8 nitrogen and oxygen atoms in total. The number of aromatic nitrogens is 4. The van der Waals surface area contributed by atoms with Crippen LogP contribution in [0.5, 0.6) is 0 Å². The van der Waals surface area contributed by atoms with Gasteiger partial charge in [-0.05, 0) is 32.8 Å². The van der Waals surface area contributed by atoms with E-state index in [1.165, 1.54) is 0 Å². The van der Waals surface area contributed by atoms with Crippen LogP contribution in [0.15, 0.2) is 6.07 Å². The summed E-state index contributed by atoms with van der Waals surface area (Å²) in [4.78, 5) is 23.3. The molecule has 0 spiro atoms. The van der Waals surface area contributed by atoms with Gasteiger partial charge in [0.25, 0.3) is 5.78 Å². The third-order valence-corrected chi connectivity index (χ3v) is 6.44. The molecule has 0 N–H and O–H groups in total. The summed E-state index contributed by atoms with van der Waals surface area (Å²) in [6.45, 7) is 6.42. The molecule has 1 amide bonds. The summed E-state index contributed by atoms with van der Waals surface area (Å²) in [5, 5.41) is 4.39. The number of unbranched alkanes of at least 4 members (excludes halogenated alkanes) is 1.